The number of rotatable bonds is 5. The molecule has 0 radical (unpaired) electrons. The van der Waals surface area contributed by atoms with Gasteiger partial charge < -0.3 is 9.64 Å². The maximum absolute atomic E-state index is 12.8. The zero-order valence-corrected chi connectivity index (χ0v) is 13.8. The number of carbonyl (C=O) groups is 1. The minimum atomic E-state index is -0.0241. The van der Waals surface area contributed by atoms with Crippen molar-refractivity contribution in [1.29, 1.82) is 0 Å². The first kappa shape index (κ1) is 15.3. The van der Waals surface area contributed by atoms with Crippen LogP contribution in [0, 0.1) is 5.92 Å². The van der Waals surface area contributed by atoms with Gasteiger partial charge in [-0.1, -0.05) is 0 Å². The molecule has 0 N–H and O–H groups in total. The largest absolute Gasteiger partial charge is 0.380 e. The summed E-state index contributed by atoms with van der Waals surface area (Å²) in [5.74, 6) is 0.881. The monoisotopic (exact) mass is 327 g/mol. The Morgan fingerprint density at radius 1 is 1.29 bits per heavy atom. The number of aryl methyl sites for hydroxylation is 1. The van der Waals surface area contributed by atoms with Crippen LogP contribution in [-0.4, -0.2) is 50.5 Å². The van der Waals surface area contributed by atoms with Crippen LogP contribution < -0.4 is 0 Å². The molecule has 1 aliphatic heterocycles. The Hall–Kier alpha value is -2.28. The van der Waals surface area contributed by atoms with E-state index in [9.17, 15) is 4.79 Å². The van der Waals surface area contributed by atoms with E-state index in [1.54, 1.807) is 12.3 Å². The smallest absolute Gasteiger partial charge is 0.255 e. The molecule has 1 saturated carbocycles. The molecule has 1 fully saturated rings. The van der Waals surface area contributed by atoms with Gasteiger partial charge in [0.1, 0.15) is 0 Å². The molecule has 1 unspecified atom stereocenters. The predicted molar refractivity (Wildman–Crippen MR) is 86.3 cm³/mol. The first-order valence-electron chi connectivity index (χ1n) is 8.37. The van der Waals surface area contributed by atoms with Crippen molar-refractivity contribution in [3.05, 3.63) is 41.5 Å². The van der Waals surface area contributed by atoms with E-state index >= 15 is 0 Å². The molecule has 0 spiro atoms. The van der Waals surface area contributed by atoms with E-state index in [1.807, 2.05) is 22.8 Å². The van der Waals surface area contributed by atoms with Crippen LogP contribution in [0.1, 0.15) is 40.4 Å². The van der Waals surface area contributed by atoms with E-state index in [0.29, 0.717) is 25.3 Å². The van der Waals surface area contributed by atoms with Crippen molar-refractivity contribution in [3.63, 3.8) is 0 Å². The quantitative estimate of drug-likeness (QED) is 0.829. The molecule has 4 rings (SSSR count). The highest BCUT2D eigenvalue weighted by molar-refractivity contribution is 5.93. The summed E-state index contributed by atoms with van der Waals surface area (Å²) in [6.45, 7) is 2.67. The van der Waals surface area contributed by atoms with Gasteiger partial charge in [0, 0.05) is 31.7 Å². The van der Waals surface area contributed by atoms with Crippen LogP contribution in [0.5, 0.6) is 0 Å². The van der Waals surface area contributed by atoms with Crippen molar-refractivity contribution in [2.24, 2.45) is 13.0 Å². The molecule has 126 valence electrons. The minimum Gasteiger partial charge on any atom is -0.380 e. The summed E-state index contributed by atoms with van der Waals surface area (Å²) in [6.07, 6.45) is 7.53. The second kappa shape index (κ2) is 6.32. The Labute approximate surface area is 140 Å². The molecule has 2 aliphatic rings. The molecule has 24 heavy (non-hydrogen) atoms. The summed E-state index contributed by atoms with van der Waals surface area (Å²) in [7, 11) is 1.92. The molecule has 7 heteroatoms. The van der Waals surface area contributed by atoms with E-state index in [2.05, 4.69) is 15.3 Å². The number of fused-ring (bicyclic) bond motifs is 1. The third kappa shape index (κ3) is 3.03. The summed E-state index contributed by atoms with van der Waals surface area (Å²) in [5, 5.41) is 11.9. The highest BCUT2D eigenvalue weighted by atomic mass is 16.5. The molecule has 2 aromatic rings. The summed E-state index contributed by atoms with van der Waals surface area (Å²) < 4.78 is 7.75. The predicted octanol–water partition coefficient (Wildman–Crippen LogP) is 1.38. The van der Waals surface area contributed by atoms with E-state index in [4.69, 9.17) is 4.74 Å². The molecule has 0 bridgehead atoms. The van der Waals surface area contributed by atoms with Gasteiger partial charge in [-0.05, 0) is 24.8 Å². The molecule has 3 heterocycles. The van der Waals surface area contributed by atoms with Gasteiger partial charge in [0.25, 0.3) is 5.91 Å². The fourth-order valence-electron chi connectivity index (χ4n) is 3.18. The summed E-state index contributed by atoms with van der Waals surface area (Å²) >= 11 is 0. The highest BCUT2D eigenvalue weighted by Gasteiger charge is 2.32. The Bertz CT molecular complexity index is 726. The van der Waals surface area contributed by atoms with Gasteiger partial charge in [-0.2, -0.15) is 15.3 Å². The van der Waals surface area contributed by atoms with Crippen molar-refractivity contribution in [3.8, 4) is 0 Å². The molecule has 0 aromatic carbocycles. The molecule has 2 aromatic heterocycles. The van der Waals surface area contributed by atoms with Crippen LogP contribution in [0.25, 0.3) is 0 Å². The Kier molecular flexibility index (Phi) is 4.02. The summed E-state index contributed by atoms with van der Waals surface area (Å²) in [6, 6.07) is 1.70. The van der Waals surface area contributed by atoms with Crippen molar-refractivity contribution < 1.29 is 9.53 Å². The van der Waals surface area contributed by atoms with Gasteiger partial charge in [0.2, 0.25) is 0 Å². The number of amides is 1. The van der Waals surface area contributed by atoms with Crippen molar-refractivity contribution in [2.45, 2.75) is 25.3 Å². The molecule has 1 atom stereocenters. The molecule has 7 nitrogen and oxygen atoms in total. The lowest BCUT2D eigenvalue weighted by Gasteiger charge is -2.33. The number of ether oxygens (including phenoxy) is 1. The molecule has 1 aliphatic carbocycles. The van der Waals surface area contributed by atoms with Crippen molar-refractivity contribution in [2.75, 3.05) is 19.8 Å². The average Bonchev–Trinajstić information content (AvgIpc) is 3.37. The number of hydrogen-bond donors (Lipinski definition) is 0. The average molecular weight is 327 g/mol. The second-order valence-corrected chi connectivity index (χ2v) is 6.66. The topological polar surface area (TPSA) is 73.1 Å². The highest BCUT2D eigenvalue weighted by Crippen LogP contribution is 2.32. The van der Waals surface area contributed by atoms with E-state index in [1.165, 1.54) is 24.6 Å². The fraction of sp³-hybridized carbons (Fsp3) is 0.529. The van der Waals surface area contributed by atoms with Crippen molar-refractivity contribution >= 4 is 5.91 Å². The summed E-state index contributed by atoms with van der Waals surface area (Å²) in [4.78, 5) is 14.6. The van der Waals surface area contributed by atoms with Gasteiger partial charge in [-0.25, -0.2) is 0 Å². The fourth-order valence-corrected chi connectivity index (χ4v) is 3.18. The number of hydrogen-bond acceptors (Lipinski definition) is 5. The third-order valence-corrected chi connectivity index (χ3v) is 4.80. The Morgan fingerprint density at radius 2 is 2.17 bits per heavy atom. The van der Waals surface area contributed by atoms with Crippen LogP contribution in [-0.2, 0) is 18.3 Å². The number of nitrogens with zero attached hydrogens (tertiary/aromatic N) is 5. The third-order valence-electron chi connectivity index (χ3n) is 4.80. The van der Waals surface area contributed by atoms with Crippen LogP contribution >= 0.6 is 0 Å². The van der Waals surface area contributed by atoms with Gasteiger partial charge in [-0.15, -0.1) is 0 Å². The van der Waals surface area contributed by atoms with Gasteiger partial charge >= 0.3 is 0 Å². The zero-order chi connectivity index (χ0) is 16.5. The van der Waals surface area contributed by atoms with Crippen LogP contribution in [0.15, 0.2) is 24.7 Å². The van der Waals surface area contributed by atoms with Gasteiger partial charge in [0.05, 0.1) is 43.0 Å². The molecule has 1 amide bonds. The molecule has 0 saturated heterocycles. The normalized spacial score (nSPS) is 20.0. The number of carbonyl (C=O) groups excluding carboxylic acids is 1. The summed E-state index contributed by atoms with van der Waals surface area (Å²) in [5.41, 5.74) is 2.84. The maximum atomic E-state index is 12.8. The van der Waals surface area contributed by atoms with Crippen LogP contribution in [0.2, 0.25) is 0 Å². The maximum Gasteiger partial charge on any atom is 0.255 e. The van der Waals surface area contributed by atoms with E-state index in [-0.39, 0.29) is 11.8 Å². The Morgan fingerprint density at radius 3 is 2.92 bits per heavy atom. The standard InChI is InChI=1S/C17H21N5O2/c1-21-16-9-22(17(23)13-4-5-18-19-6-13)8-14(15(16)7-20-21)11-24-10-12-2-3-12/h4-7,12,14H,2-3,8-11H2,1H3. The SMILES string of the molecule is Cn1ncc2c1CN(C(=O)c1ccnnc1)CC2COCC1CC1. The number of aromatic nitrogens is 4. The first-order valence-corrected chi connectivity index (χ1v) is 8.37. The first-order chi connectivity index (χ1) is 11.7. The van der Waals surface area contributed by atoms with Crippen LogP contribution in [0.4, 0.5) is 0 Å². The second-order valence-electron chi connectivity index (χ2n) is 6.66. The minimum absolute atomic E-state index is 0.0241. The Balaban J connectivity index is 1.52. The lowest BCUT2D eigenvalue weighted by Crippen LogP contribution is -2.40. The van der Waals surface area contributed by atoms with E-state index in [0.717, 1.165) is 18.2 Å². The van der Waals surface area contributed by atoms with Crippen LogP contribution in [0.3, 0.4) is 0 Å². The van der Waals surface area contributed by atoms with Gasteiger partial charge in [-0.3, -0.25) is 9.48 Å². The molecular formula is C17H21N5O2. The van der Waals surface area contributed by atoms with Gasteiger partial charge in [0.15, 0.2) is 0 Å². The zero-order valence-electron chi connectivity index (χ0n) is 13.8. The van der Waals surface area contributed by atoms with E-state index < -0.39 is 0 Å². The van der Waals surface area contributed by atoms with Crippen molar-refractivity contribution in [1.82, 2.24) is 24.9 Å². The molecular weight excluding hydrogens is 306 g/mol. The lowest BCUT2D eigenvalue weighted by molar-refractivity contribution is 0.0623. The lowest BCUT2D eigenvalue weighted by atomic mass is 9.95.